The van der Waals surface area contributed by atoms with Gasteiger partial charge in [-0.1, -0.05) is 12.5 Å². The zero-order valence-electron chi connectivity index (χ0n) is 9.60. The average molecular weight is 297 g/mol. The second-order valence-electron chi connectivity index (χ2n) is 3.75. The fourth-order valence-corrected chi connectivity index (χ4v) is 2.95. The van der Waals surface area contributed by atoms with Gasteiger partial charge in [0.25, 0.3) is 0 Å². The maximum atomic E-state index is 10.6. The third-order valence-electron chi connectivity index (χ3n) is 2.25. The van der Waals surface area contributed by atoms with Crippen LogP contribution in [0.3, 0.4) is 0 Å². The number of rotatable bonds is 9. The summed E-state index contributed by atoms with van der Waals surface area (Å²) in [6.45, 7) is 1.42. The smallest absolute Gasteiger partial charge is 0.232 e. The Bertz CT molecular complexity index is 387. The molecule has 0 radical (unpaired) electrons. The lowest BCUT2D eigenvalue weighted by Crippen LogP contribution is -2.01. The molecule has 1 aromatic rings. The maximum Gasteiger partial charge on any atom is 0.232 e. The van der Waals surface area contributed by atoms with Crippen LogP contribution in [-0.2, 0) is 20.2 Å². The Morgan fingerprint density at radius 3 is 2.71 bits per heavy atom. The van der Waals surface area contributed by atoms with Crippen LogP contribution in [0.15, 0.2) is 17.5 Å². The standard InChI is InChI=1S/C11H17ClO3S2/c12-17(13,14)10-3-1-2-7-15-8-6-11-5-4-9-16-11/h4-5,9H,1-3,6-8,10H2. The predicted molar refractivity (Wildman–Crippen MR) is 72.3 cm³/mol. The van der Waals surface area contributed by atoms with Gasteiger partial charge < -0.3 is 4.74 Å². The van der Waals surface area contributed by atoms with Gasteiger partial charge in [0.1, 0.15) is 0 Å². The van der Waals surface area contributed by atoms with Crippen molar-refractivity contribution in [1.29, 1.82) is 0 Å². The minimum atomic E-state index is -3.32. The molecular formula is C11H17ClO3S2. The van der Waals surface area contributed by atoms with E-state index in [1.807, 2.05) is 6.07 Å². The molecular weight excluding hydrogens is 280 g/mol. The Kier molecular flexibility index (Phi) is 7.11. The highest BCUT2D eigenvalue weighted by Gasteiger charge is 2.03. The van der Waals surface area contributed by atoms with Crippen LogP contribution in [-0.4, -0.2) is 27.4 Å². The SMILES string of the molecule is O=S(=O)(Cl)CCCCCOCCc1cccs1. The lowest BCUT2D eigenvalue weighted by Gasteiger charge is -2.02. The van der Waals surface area contributed by atoms with Gasteiger partial charge in [-0.15, -0.1) is 11.3 Å². The molecule has 3 nitrogen and oxygen atoms in total. The normalized spacial score (nSPS) is 11.8. The summed E-state index contributed by atoms with van der Waals surface area (Å²) in [6.07, 6.45) is 3.29. The zero-order chi connectivity index (χ0) is 12.6. The van der Waals surface area contributed by atoms with E-state index in [9.17, 15) is 8.42 Å². The van der Waals surface area contributed by atoms with Crippen LogP contribution >= 0.6 is 22.0 Å². The Morgan fingerprint density at radius 1 is 1.24 bits per heavy atom. The first-order chi connectivity index (χ1) is 8.08. The number of unbranched alkanes of at least 4 members (excludes halogenated alkanes) is 2. The fourth-order valence-electron chi connectivity index (χ4n) is 1.39. The molecule has 0 unspecified atom stereocenters. The van der Waals surface area contributed by atoms with Crippen molar-refractivity contribution < 1.29 is 13.2 Å². The third kappa shape index (κ3) is 8.60. The summed E-state index contributed by atoms with van der Waals surface area (Å²) >= 11 is 1.74. The summed E-state index contributed by atoms with van der Waals surface area (Å²) in [6, 6.07) is 4.13. The van der Waals surface area contributed by atoms with Gasteiger partial charge in [0.05, 0.1) is 12.4 Å². The van der Waals surface area contributed by atoms with Crippen LogP contribution in [0.2, 0.25) is 0 Å². The summed E-state index contributed by atoms with van der Waals surface area (Å²) in [5.41, 5.74) is 0. The van der Waals surface area contributed by atoms with E-state index in [4.69, 9.17) is 15.4 Å². The topological polar surface area (TPSA) is 43.4 Å². The lowest BCUT2D eigenvalue weighted by atomic mass is 10.3. The van der Waals surface area contributed by atoms with E-state index in [0.717, 1.165) is 25.9 Å². The van der Waals surface area contributed by atoms with Gasteiger partial charge in [0.2, 0.25) is 9.05 Å². The van der Waals surface area contributed by atoms with E-state index < -0.39 is 9.05 Å². The van der Waals surface area contributed by atoms with E-state index in [2.05, 4.69) is 11.4 Å². The van der Waals surface area contributed by atoms with E-state index in [1.54, 1.807) is 11.3 Å². The monoisotopic (exact) mass is 296 g/mol. The molecule has 1 aromatic heterocycles. The highest BCUT2D eigenvalue weighted by atomic mass is 35.7. The van der Waals surface area contributed by atoms with E-state index in [-0.39, 0.29) is 5.75 Å². The van der Waals surface area contributed by atoms with Crippen LogP contribution in [0.1, 0.15) is 24.1 Å². The highest BCUT2D eigenvalue weighted by molar-refractivity contribution is 8.13. The molecule has 0 atom stereocenters. The van der Waals surface area contributed by atoms with Crippen molar-refractivity contribution >= 4 is 31.1 Å². The van der Waals surface area contributed by atoms with Gasteiger partial charge in [0.15, 0.2) is 0 Å². The Hall–Kier alpha value is -0.100. The summed E-state index contributed by atoms with van der Waals surface area (Å²) in [7, 11) is 1.78. The van der Waals surface area contributed by atoms with Crippen molar-refractivity contribution in [1.82, 2.24) is 0 Å². The van der Waals surface area contributed by atoms with Crippen LogP contribution in [0.4, 0.5) is 0 Å². The van der Waals surface area contributed by atoms with Crippen molar-refractivity contribution in [3.8, 4) is 0 Å². The van der Waals surface area contributed by atoms with Crippen LogP contribution in [0.5, 0.6) is 0 Å². The number of thiophene rings is 1. The zero-order valence-corrected chi connectivity index (χ0v) is 12.0. The Morgan fingerprint density at radius 2 is 2.06 bits per heavy atom. The molecule has 1 rings (SSSR count). The van der Waals surface area contributed by atoms with E-state index in [0.29, 0.717) is 13.0 Å². The number of hydrogen-bond donors (Lipinski definition) is 0. The largest absolute Gasteiger partial charge is 0.381 e. The summed E-state index contributed by atoms with van der Waals surface area (Å²) in [5, 5.41) is 2.06. The maximum absolute atomic E-state index is 10.6. The molecule has 0 aliphatic heterocycles. The van der Waals surface area contributed by atoms with Gasteiger partial charge in [0, 0.05) is 28.6 Å². The predicted octanol–water partition coefficient (Wildman–Crippen LogP) is 3.05. The second kappa shape index (κ2) is 8.08. The van der Waals surface area contributed by atoms with Crippen molar-refractivity contribution in [2.24, 2.45) is 0 Å². The molecule has 0 amide bonds. The van der Waals surface area contributed by atoms with Crippen LogP contribution in [0.25, 0.3) is 0 Å². The number of halogens is 1. The first-order valence-electron chi connectivity index (χ1n) is 5.60. The minimum Gasteiger partial charge on any atom is -0.381 e. The van der Waals surface area contributed by atoms with Crippen molar-refractivity contribution in [3.05, 3.63) is 22.4 Å². The third-order valence-corrected chi connectivity index (χ3v) is 4.43. The molecule has 0 N–H and O–H groups in total. The Balaban J connectivity index is 1.88. The molecule has 0 bridgehead atoms. The van der Waals surface area contributed by atoms with Gasteiger partial charge in [-0.3, -0.25) is 0 Å². The first-order valence-corrected chi connectivity index (χ1v) is 8.96. The molecule has 17 heavy (non-hydrogen) atoms. The molecule has 0 aromatic carbocycles. The molecule has 0 saturated carbocycles. The first kappa shape index (κ1) is 15.0. The van der Waals surface area contributed by atoms with E-state index in [1.165, 1.54) is 4.88 Å². The van der Waals surface area contributed by atoms with Crippen molar-refractivity contribution in [2.45, 2.75) is 25.7 Å². The average Bonchev–Trinajstić information content (AvgIpc) is 2.73. The Labute approximate surface area is 111 Å². The van der Waals surface area contributed by atoms with Gasteiger partial charge in [-0.25, -0.2) is 8.42 Å². The fraction of sp³-hybridized carbons (Fsp3) is 0.636. The summed E-state index contributed by atoms with van der Waals surface area (Å²) in [4.78, 5) is 1.33. The molecule has 0 spiro atoms. The highest BCUT2D eigenvalue weighted by Crippen LogP contribution is 2.09. The van der Waals surface area contributed by atoms with Gasteiger partial charge >= 0.3 is 0 Å². The van der Waals surface area contributed by atoms with Crippen LogP contribution < -0.4 is 0 Å². The summed E-state index contributed by atoms with van der Waals surface area (Å²) in [5.74, 6) is 0.0593. The number of hydrogen-bond acceptors (Lipinski definition) is 4. The molecule has 6 heteroatoms. The minimum absolute atomic E-state index is 0.0593. The molecule has 0 saturated heterocycles. The molecule has 0 aliphatic carbocycles. The number of ether oxygens (including phenoxy) is 1. The molecule has 0 fully saturated rings. The van der Waals surface area contributed by atoms with Gasteiger partial charge in [-0.05, 0) is 24.3 Å². The van der Waals surface area contributed by atoms with Crippen molar-refractivity contribution in [2.75, 3.05) is 19.0 Å². The van der Waals surface area contributed by atoms with Crippen LogP contribution in [0, 0.1) is 0 Å². The quantitative estimate of drug-likeness (QED) is 0.520. The lowest BCUT2D eigenvalue weighted by molar-refractivity contribution is 0.133. The summed E-state index contributed by atoms with van der Waals surface area (Å²) < 4.78 is 26.7. The van der Waals surface area contributed by atoms with Crippen molar-refractivity contribution in [3.63, 3.8) is 0 Å². The second-order valence-corrected chi connectivity index (χ2v) is 7.67. The molecule has 0 aliphatic rings. The molecule has 1 heterocycles. The van der Waals surface area contributed by atoms with E-state index >= 15 is 0 Å². The van der Waals surface area contributed by atoms with Gasteiger partial charge in [-0.2, -0.15) is 0 Å². The molecule has 98 valence electrons.